The molecule has 0 aliphatic heterocycles. The average molecular weight is 261 g/mol. The van der Waals surface area contributed by atoms with Crippen LogP contribution in [0.1, 0.15) is 42.6 Å². The average Bonchev–Trinajstić information content (AvgIpc) is 2.78. The van der Waals surface area contributed by atoms with E-state index in [1.165, 1.54) is 0 Å². The molecule has 2 N–H and O–H groups in total. The largest absolute Gasteiger partial charge is 0.392 e. The molecule has 0 fully saturated rings. The molecule has 0 aliphatic carbocycles. The topological polar surface area (TPSA) is 66.6 Å². The van der Waals surface area contributed by atoms with E-state index >= 15 is 0 Å². The van der Waals surface area contributed by atoms with E-state index in [4.69, 9.17) is 0 Å². The molecule has 2 aromatic rings. The number of aliphatic hydroxyl groups is 1. The summed E-state index contributed by atoms with van der Waals surface area (Å²) >= 11 is 0. The van der Waals surface area contributed by atoms with Crippen molar-refractivity contribution in [1.82, 2.24) is 14.9 Å². The maximum Gasteiger partial charge on any atom is 0.255 e. The minimum absolute atomic E-state index is 0.211. The third-order valence-electron chi connectivity index (χ3n) is 3.01. The van der Waals surface area contributed by atoms with Crippen LogP contribution in [0, 0.1) is 0 Å². The van der Waals surface area contributed by atoms with Gasteiger partial charge in [0.05, 0.1) is 23.4 Å². The van der Waals surface area contributed by atoms with Gasteiger partial charge in [-0.25, -0.2) is 4.52 Å². The lowest BCUT2D eigenvalue weighted by atomic mass is 10.0. The van der Waals surface area contributed by atoms with Crippen molar-refractivity contribution >= 4 is 11.4 Å². The van der Waals surface area contributed by atoms with Crippen LogP contribution in [0.4, 0.5) is 0 Å². The summed E-state index contributed by atoms with van der Waals surface area (Å²) in [6.45, 7) is 6.08. The van der Waals surface area contributed by atoms with Gasteiger partial charge in [-0.15, -0.1) is 0 Å². The zero-order valence-electron chi connectivity index (χ0n) is 11.4. The van der Waals surface area contributed by atoms with Crippen molar-refractivity contribution in [3.05, 3.63) is 35.7 Å². The van der Waals surface area contributed by atoms with Crippen LogP contribution in [0.3, 0.4) is 0 Å². The van der Waals surface area contributed by atoms with E-state index in [9.17, 15) is 9.90 Å². The Morgan fingerprint density at radius 1 is 1.47 bits per heavy atom. The van der Waals surface area contributed by atoms with Crippen molar-refractivity contribution in [3.8, 4) is 0 Å². The second-order valence-electron chi connectivity index (χ2n) is 5.06. The van der Waals surface area contributed by atoms with E-state index in [0.29, 0.717) is 11.5 Å². The van der Waals surface area contributed by atoms with Crippen LogP contribution in [0.25, 0.3) is 5.52 Å². The summed E-state index contributed by atoms with van der Waals surface area (Å²) in [6.07, 6.45) is 2.85. The number of hydrogen-bond acceptors (Lipinski definition) is 3. The quantitative estimate of drug-likeness (QED) is 0.878. The maximum atomic E-state index is 12.0. The fraction of sp³-hybridized carbons (Fsp3) is 0.429. The fourth-order valence-electron chi connectivity index (χ4n) is 1.87. The van der Waals surface area contributed by atoms with Crippen molar-refractivity contribution in [2.45, 2.75) is 32.8 Å². The van der Waals surface area contributed by atoms with E-state index < -0.39 is 6.10 Å². The number of nitrogens with one attached hydrogen (secondary N) is 1. The standard InChI is InChI=1S/C14H19N3O2/c1-9(2)11-4-5-17-13(6-11)12(8-16-17)14(19)15-7-10(3)18/h4-6,8-10,18H,7H2,1-3H3,(H,15,19). The molecule has 1 unspecified atom stereocenters. The zero-order chi connectivity index (χ0) is 14.0. The van der Waals surface area contributed by atoms with Crippen molar-refractivity contribution in [2.24, 2.45) is 0 Å². The lowest BCUT2D eigenvalue weighted by Gasteiger charge is -2.08. The first-order valence-electron chi connectivity index (χ1n) is 6.42. The Hall–Kier alpha value is -1.88. The maximum absolute atomic E-state index is 12.0. The summed E-state index contributed by atoms with van der Waals surface area (Å²) < 4.78 is 1.68. The molecule has 5 heteroatoms. The lowest BCUT2D eigenvalue weighted by Crippen LogP contribution is -2.30. The highest BCUT2D eigenvalue weighted by molar-refractivity contribution is 6.00. The Bertz CT molecular complexity index is 587. The van der Waals surface area contributed by atoms with Gasteiger partial charge in [0.1, 0.15) is 0 Å². The van der Waals surface area contributed by atoms with E-state index in [-0.39, 0.29) is 12.5 Å². The monoisotopic (exact) mass is 261 g/mol. The Morgan fingerprint density at radius 3 is 2.84 bits per heavy atom. The Labute approximate surface area is 112 Å². The minimum Gasteiger partial charge on any atom is -0.392 e. The van der Waals surface area contributed by atoms with E-state index in [2.05, 4.69) is 24.3 Å². The van der Waals surface area contributed by atoms with Gasteiger partial charge in [0.2, 0.25) is 0 Å². The number of hydrogen-bond donors (Lipinski definition) is 2. The van der Waals surface area contributed by atoms with Crippen molar-refractivity contribution in [2.75, 3.05) is 6.54 Å². The number of amides is 1. The van der Waals surface area contributed by atoms with Gasteiger partial charge in [-0.2, -0.15) is 5.10 Å². The van der Waals surface area contributed by atoms with Crippen molar-refractivity contribution in [1.29, 1.82) is 0 Å². The first-order valence-corrected chi connectivity index (χ1v) is 6.42. The number of carbonyl (C=O) groups excluding carboxylic acids is 1. The molecule has 0 radical (unpaired) electrons. The molecule has 2 aromatic heterocycles. The lowest BCUT2D eigenvalue weighted by molar-refractivity contribution is 0.0925. The minimum atomic E-state index is -0.558. The van der Waals surface area contributed by atoms with E-state index in [0.717, 1.165) is 11.1 Å². The normalized spacial score (nSPS) is 12.9. The van der Waals surface area contributed by atoms with Crippen LogP contribution < -0.4 is 5.32 Å². The smallest absolute Gasteiger partial charge is 0.255 e. The highest BCUT2D eigenvalue weighted by Crippen LogP contribution is 2.18. The number of aliphatic hydroxyl groups excluding tert-OH is 1. The van der Waals surface area contributed by atoms with Crippen molar-refractivity contribution in [3.63, 3.8) is 0 Å². The molecule has 2 heterocycles. The first kappa shape index (κ1) is 13.5. The Morgan fingerprint density at radius 2 is 2.21 bits per heavy atom. The van der Waals surface area contributed by atoms with E-state index in [1.807, 2.05) is 18.3 Å². The molecule has 1 atom stereocenters. The molecule has 19 heavy (non-hydrogen) atoms. The molecule has 0 aromatic carbocycles. The summed E-state index contributed by atoms with van der Waals surface area (Å²) in [6, 6.07) is 3.98. The van der Waals surface area contributed by atoms with Gasteiger partial charge in [-0.3, -0.25) is 4.79 Å². The predicted octanol–water partition coefficient (Wildman–Crippen LogP) is 1.57. The van der Waals surface area contributed by atoms with Gasteiger partial charge >= 0.3 is 0 Å². The van der Waals surface area contributed by atoms with Crippen molar-refractivity contribution < 1.29 is 9.90 Å². The predicted molar refractivity (Wildman–Crippen MR) is 73.3 cm³/mol. The van der Waals surface area contributed by atoms with Gasteiger partial charge < -0.3 is 10.4 Å². The third kappa shape index (κ3) is 2.93. The Balaban J connectivity index is 2.32. The van der Waals surface area contributed by atoms with Gasteiger partial charge in [0, 0.05) is 12.7 Å². The number of rotatable bonds is 4. The summed E-state index contributed by atoms with van der Waals surface area (Å²) in [4.78, 5) is 12.0. The van der Waals surface area contributed by atoms with Gasteiger partial charge in [-0.05, 0) is 30.5 Å². The SMILES string of the molecule is CC(O)CNC(=O)c1cnn2ccc(C(C)C)cc12. The molecule has 0 aliphatic rings. The first-order chi connectivity index (χ1) is 8.99. The molecule has 1 amide bonds. The summed E-state index contributed by atoms with van der Waals surface area (Å²) in [5.41, 5.74) is 2.48. The highest BCUT2D eigenvalue weighted by Gasteiger charge is 2.13. The number of pyridine rings is 1. The molecular weight excluding hydrogens is 242 g/mol. The van der Waals surface area contributed by atoms with Crippen LogP contribution >= 0.6 is 0 Å². The number of fused-ring (bicyclic) bond motifs is 1. The summed E-state index contributed by atoms with van der Waals surface area (Å²) in [7, 11) is 0. The number of aromatic nitrogens is 2. The van der Waals surface area contributed by atoms with Crippen LogP contribution in [0.15, 0.2) is 24.5 Å². The Kier molecular flexibility index (Phi) is 3.85. The van der Waals surface area contributed by atoms with Crippen LogP contribution in [-0.2, 0) is 0 Å². The molecule has 0 saturated heterocycles. The fourth-order valence-corrected chi connectivity index (χ4v) is 1.87. The van der Waals surface area contributed by atoms with E-state index in [1.54, 1.807) is 17.6 Å². The molecule has 0 bridgehead atoms. The molecule has 0 saturated carbocycles. The van der Waals surface area contributed by atoms with Crippen LogP contribution in [0.2, 0.25) is 0 Å². The summed E-state index contributed by atoms with van der Waals surface area (Å²) in [5, 5.41) is 16.0. The second-order valence-corrected chi connectivity index (χ2v) is 5.06. The number of carbonyl (C=O) groups is 1. The molecule has 5 nitrogen and oxygen atoms in total. The number of nitrogens with zero attached hydrogens (tertiary/aromatic N) is 2. The molecular formula is C14H19N3O2. The molecule has 102 valence electrons. The molecule has 0 spiro atoms. The third-order valence-corrected chi connectivity index (χ3v) is 3.01. The van der Waals surface area contributed by atoms with Crippen LogP contribution in [-0.4, -0.2) is 33.3 Å². The highest BCUT2D eigenvalue weighted by atomic mass is 16.3. The second kappa shape index (κ2) is 5.40. The van der Waals surface area contributed by atoms with Gasteiger partial charge in [0.25, 0.3) is 5.91 Å². The molecule has 2 rings (SSSR count). The van der Waals surface area contributed by atoms with Gasteiger partial charge in [0.15, 0.2) is 0 Å². The van der Waals surface area contributed by atoms with Gasteiger partial charge in [-0.1, -0.05) is 13.8 Å². The van der Waals surface area contributed by atoms with Crippen LogP contribution in [0.5, 0.6) is 0 Å². The summed E-state index contributed by atoms with van der Waals surface area (Å²) in [5.74, 6) is 0.185. The zero-order valence-corrected chi connectivity index (χ0v) is 11.4.